The van der Waals surface area contributed by atoms with Gasteiger partial charge in [0.2, 0.25) is 0 Å². The van der Waals surface area contributed by atoms with Crippen LogP contribution in [0.15, 0.2) is 66.7 Å². The van der Waals surface area contributed by atoms with Gasteiger partial charge >= 0.3 is 0 Å². The van der Waals surface area contributed by atoms with Gasteiger partial charge in [-0.25, -0.2) is 4.39 Å². The summed E-state index contributed by atoms with van der Waals surface area (Å²) in [4.78, 5) is 27.0. The Kier molecular flexibility index (Phi) is 5.55. The van der Waals surface area contributed by atoms with Crippen molar-refractivity contribution < 1.29 is 14.0 Å². The molecule has 3 aromatic rings. The molecule has 0 fully saturated rings. The number of anilines is 1. The van der Waals surface area contributed by atoms with Crippen LogP contribution in [0.2, 0.25) is 5.02 Å². The lowest BCUT2D eigenvalue weighted by Crippen LogP contribution is -2.29. The van der Waals surface area contributed by atoms with Gasteiger partial charge in [0.15, 0.2) is 0 Å². The molecule has 1 unspecified atom stereocenters. The highest BCUT2D eigenvalue weighted by molar-refractivity contribution is 6.30. The van der Waals surface area contributed by atoms with Crippen LogP contribution in [-0.2, 0) is 6.42 Å². The molecular weight excluding hydrogens is 403 g/mol. The van der Waals surface area contributed by atoms with Crippen molar-refractivity contribution in [2.45, 2.75) is 19.4 Å². The fourth-order valence-corrected chi connectivity index (χ4v) is 3.74. The number of nitrogens with zero attached hydrogens (tertiary/aromatic N) is 1. The summed E-state index contributed by atoms with van der Waals surface area (Å²) in [6.07, 6.45) is 0.751. The Bertz CT molecular complexity index is 1100. The predicted molar refractivity (Wildman–Crippen MR) is 116 cm³/mol. The standard InChI is InChI=1S/C24H20ClFN2O2/c1-15(27-23(29)16-4-9-21(26)10-5-16)18-6-11-22-19(14-18)12-13-28(22)24(30)17-2-7-20(25)8-3-17/h2-11,14-15H,12-13H2,1H3,(H,27,29). The number of hydrogen-bond acceptors (Lipinski definition) is 2. The van der Waals surface area contributed by atoms with Crippen LogP contribution in [0.3, 0.4) is 0 Å². The van der Waals surface area contributed by atoms with E-state index >= 15 is 0 Å². The molecule has 1 aliphatic rings. The van der Waals surface area contributed by atoms with E-state index < -0.39 is 0 Å². The van der Waals surface area contributed by atoms with E-state index in [2.05, 4.69) is 5.32 Å². The number of fused-ring (bicyclic) bond motifs is 1. The molecule has 0 radical (unpaired) electrons. The molecule has 4 nitrogen and oxygen atoms in total. The second kappa shape index (κ2) is 8.28. The number of carbonyl (C=O) groups is 2. The van der Waals surface area contributed by atoms with Gasteiger partial charge in [-0.05, 0) is 79.1 Å². The molecule has 1 atom stereocenters. The van der Waals surface area contributed by atoms with Gasteiger partial charge in [-0.1, -0.05) is 23.7 Å². The Labute approximate surface area is 179 Å². The summed E-state index contributed by atoms with van der Waals surface area (Å²) in [6.45, 7) is 2.51. The number of halogens is 2. The van der Waals surface area contributed by atoms with Crippen LogP contribution in [0, 0.1) is 5.82 Å². The Morgan fingerprint density at radius 3 is 2.37 bits per heavy atom. The topological polar surface area (TPSA) is 49.4 Å². The molecule has 0 spiro atoms. The molecule has 1 aliphatic heterocycles. The number of nitrogens with one attached hydrogen (secondary N) is 1. The van der Waals surface area contributed by atoms with Crippen molar-refractivity contribution in [3.05, 3.63) is 99.8 Å². The zero-order valence-electron chi connectivity index (χ0n) is 16.4. The molecule has 152 valence electrons. The van der Waals surface area contributed by atoms with Crippen molar-refractivity contribution in [3.63, 3.8) is 0 Å². The number of rotatable bonds is 4. The summed E-state index contributed by atoms with van der Waals surface area (Å²) >= 11 is 5.91. The van der Waals surface area contributed by atoms with Crippen LogP contribution in [-0.4, -0.2) is 18.4 Å². The van der Waals surface area contributed by atoms with Crippen LogP contribution in [0.25, 0.3) is 0 Å². The maximum absolute atomic E-state index is 13.1. The van der Waals surface area contributed by atoms with Crippen LogP contribution < -0.4 is 10.2 Å². The van der Waals surface area contributed by atoms with Crippen LogP contribution in [0.5, 0.6) is 0 Å². The zero-order valence-corrected chi connectivity index (χ0v) is 17.1. The third-order valence-corrected chi connectivity index (χ3v) is 5.54. The van der Waals surface area contributed by atoms with E-state index in [1.165, 1.54) is 24.3 Å². The Morgan fingerprint density at radius 2 is 1.67 bits per heavy atom. The molecule has 6 heteroatoms. The average Bonchev–Trinajstić information content (AvgIpc) is 3.17. The number of amides is 2. The third-order valence-electron chi connectivity index (χ3n) is 5.29. The minimum atomic E-state index is -0.379. The first-order valence-corrected chi connectivity index (χ1v) is 10.1. The van der Waals surface area contributed by atoms with Gasteiger partial charge in [0, 0.05) is 28.4 Å². The van der Waals surface area contributed by atoms with Gasteiger partial charge in [0.25, 0.3) is 11.8 Å². The Hall–Kier alpha value is -3.18. The van der Waals surface area contributed by atoms with Gasteiger partial charge in [0.05, 0.1) is 6.04 Å². The van der Waals surface area contributed by atoms with Gasteiger partial charge in [-0.2, -0.15) is 0 Å². The second-order valence-electron chi connectivity index (χ2n) is 7.30. The molecule has 0 saturated carbocycles. The van der Waals surface area contributed by atoms with Crippen molar-refractivity contribution in [2.24, 2.45) is 0 Å². The molecule has 0 bridgehead atoms. The minimum Gasteiger partial charge on any atom is -0.346 e. The van der Waals surface area contributed by atoms with E-state index in [1.807, 2.05) is 25.1 Å². The van der Waals surface area contributed by atoms with Gasteiger partial charge in [-0.3, -0.25) is 9.59 Å². The summed E-state index contributed by atoms with van der Waals surface area (Å²) < 4.78 is 13.1. The maximum atomic E-state index is 13.1. The van der Waals surface area contributed by atoms with Crippen LogP contribution >= 0.6 is 11.6 Å². The first-order valence-electron chi connectivity index (χ1n) is 9.69. The van der Waals surface area contributed by atoms with Crippen molar-refractivity contribution in [3.8, 4) is 0 Å². The largest absolute Gasteiger partial charge is 0.346 e. The summed E-state index contributed by atoms with van der Waals surface area (Å²) in [6, 6.07) is 18.0. The van der Waals surface area contributed by atoms with Gasteiger partial charge < -0.3 is 10.2 Å². The van der Waals surface area contributed by atoms with Crippen molar-refractivity contribution in [1.29, 1.82) is 0 Å². The number of hydrogen-bond donors (Lipinski definition) is 1. The van der Waals surface area contributed by atoms with E-state index in [1.54, 1.807) is 29.2 Å². The van der Waals surface area contributed by atoms with E-state index in [4.69, 9.17) is 11.6 Å². The quantitative estimate of drug-likeness (QED) is 0.630. The maximum Gasteiger partial charge on any atom is 0.258 e. The fourth-order valence-electron chi connectivity index (χ4n) is 3.61. The van der Waals surface area contributed by atoms with Gasteiger partial charge in [0.1, 0.15) is 5.82 Å². The van der Waals surface area contributed by atoms with Gasteiger partial charge in [-0.15, -0.1) is 0 Å². The van der Waals surface area contributed by atoms with Crippen LogP contribution in [0.4, 0.5) is 10.1 Å². The fraction of sp³-hybridized carbons (Fsp3) is 0.167. The van der Waals surface area contributed by atoms with E-state index in [0.29, 0.717) is 22.7 Å². The molecule has 3 aromatic carbocycles. The van der Waals surface area contributed by atoms with E-state index in [0.717, 1.165) is 23.2 Å². The molecule has 30 heavy (non-hydrogen) atoms. The Balaban J connectivity index is 1.49. The smallest absolute Gasteiger partial charge is 0.258 e. The summed E-state index contributed by atoms with van der Waals surface area (Å²) in [5.74, 6) is -0.700. The summed E-state index contributed by atoms with van der Waals surface area (Å²) in [7, 11) is 0. The third kappa shape index (κ3) is 4.07. The van der Waals surface area contributed by atoms with Crippen LogP contribution in [0.1, 0.15) is 44.8 Å². The first kappa shape index (κ1) is 20.1. The molecule has 0 aromatic heterocycles. The van der Waals surface area contributed by atoms with Crippen molar-refractivity contribution in [2.75, 3.05) is 11.4 Å². The first-order chi connectivity index (χ1) is 14.4. The average molecular weight is 423 g/mol. The molecule has 1 N–H and O–H groups in total. The lowest BCUT2D eigenvalue weighted by atomic mass is 10.0. The molecule has 4 rings (SSSR count). The number of carbonyl (C=O) groups excluding carboxylic acids is 2. The lowest BCUT2D eigenvalue weighted by molar-refractivity contribution is 0.0938. The molecule has 0 aliphatic carbocycles. The molecule has 2 amide bonds. The minimum absolute atomic E-state index is 0.0594. The summed E-state index contributed by atoms with van der Waals surface area (Å²) in [5.41, 5.74) is 3.90. The predicted octanol–water partition coefficient (Wildman–Crippen LogP) is 5.17. The normalized spacial score (nSPS) is 13.6. The van der Waals surface area contributed by atoms with E-state index in [-0.39, 0.29) is 23.7 Å². The lowest BCUT2D eigenvalue weighted by Gasteiger charge is -2.19. The highest BCUT2D eigenvalue weighted by atomic mass is 35.5. The highest BCUT2D eigenvalue weighted by Crippen LogP contribution is 2.32. The second-order valence-corrected chi connectivity index (χ2v) is 7.74. The number of benzene rings is 3. The monoisotopic (exact) mass is 422 g/mol. The van der Waals surface area contributed by atoms with E-state index in [9.17, 15) is 14.0 Å². The highest BCUT2D eigenvalue weighted by Gasteiger charge is 2.26. The molecule has 1 heterocycles. The summed E-state index contributed by atoms with van der Waals surface area (Å²) in [5, 5.41) is 3.53. The Morgan fingerprint density at radius 1 is 1.00 bits per heavy atom. The zero-order chi connectivity index (χ0) is 21.3. The SMILES string of the molecule is CC(NC(=O)c1ccc(F)cc1)c1ccc2c(c1)CCN2C(=O)c1ccc(Cl)cc1. The van der Waals surface area contributed by atoms with Crippen molar-refractivity contribution in [1.82, 2.24) is 5.32 Å². The van der Waals surface area contributed by atoms with Crippen molar-refractivity contribution >= 4 is 29.1 Å². The molecule has 0 saturated heterocycles. The molecular formula is C24H20ClFN2O2.